The Balaban J connectivity index is 1.96. The van der Waals surface area contributed by atoms with Crippen LogP contribution >= 0.6 is 0 Å². The summed E-state index contributed by atoms with van der Waals surface area (Å²) >= 11 is 0. The number of sulfonamides is 1. The molecule has 0 radical (unpaired) electrons. The van der Waals surface area contributed by atoms with E-state index in [0.29, 0.717) is 24.0 Å². The highest BCUT2D eigenvalue weighted by Gasteiger charge is 2.30. The molecule has 22 heavy (non-hydrogen) atoms. The van der Waals surface area contributed by atoms with Gasteiger partial charge in [-0.2, -0.15) is 0 Å². The second kappa shape index (κ2) is 5.68. The number of nitrogens with zero attached hydrogens (tertiary/aromatic N) is 1. The third-order valence-corrected chi connectivity index (χ3v) is 5.46. The molecule has 1 aliphatic heterocycles. The first-order chi connectivity index (χ1) is 10.5. The van der Waals surface area contributed by atoms with E-state index in [1.165, 1.54) is 30.3 Å². The van der Waals surface area contributed by atoms with Crippen LogP contribution < -0.4 is 4.31 Å². The van der Waals surface area contributed by atoms with Crippen molar-refractivity contribution in [3.05, 3.63) is 65.2 Å². The Bertz CT molecular complexity index is 788. The van der Waals surface area contributed by atoms with E-state index in [9.17, 15) is 17.2 Å². The number of hydrogen-bond donors (Lipinski definition) is 0. The van der Waals surface area contributed by atoms with E-state index in [0.717, 1.165) is 4.31 Å². The van der Waals surface area contributed by atoms with Crippen LogP contribution in [0.1, 0.15) is 17.5 Å². The van der Waals surface area contributed by atoms with E-state index >= 15 is 0 Å². The predicted molar refractivity (Wildman–Crippen MR) is 81.1 cm³/mol. The number of benzene rings is 2. The van der Waals surface area contributed by atoms with Gasteiger partial charge in [0.15, 0.2) is 0 Å². The molecule has 0 bridgehead atoms. The maximum atomic E-state index is 14.1. The van der Waals surface area contributed by atoms with Crippen molar-refractivity contribution in [2.75, 3.05) is 10.8 Å². The molecule has 3 rings (SSSR count). The first kappa shape index (κ1) is 15.0. The van der Waals surface area contributed by atoms with Crippen LogP contribution in [0, 0.1) is 11.6 Å². The molecule has 0 saturated carbocycles. The maximum Gasteiger partial charge on any atom is 0.239 e. The summed E-state index contributed by atoms with van der Waals surface area (Å²) in [5.41, 5.74) is 1.33. The average Bonchev–Trinajstić information content (AvgIpc) is 2.49. The third-order valence-electron chi connectivity index (χ3n) is 3.73. The maximum absolute atomic E-state index is 14.1. The Kier molecular flexibility index (Phi) is 3.87. The molecule has 0 unspecified atom stereocenters. The van der Waals surface area contributed by atoms with Crippen molar-refractivity contribution in [1.29, 1.82) is 0 Å². The van der Waals surface area contributed by atoms with Gasteiger partial charge < -0.3 is 0 Å². The molecule has 0 atom stereocenters. The molecule has 2 aromatic carbocycles. The fourth-order valence-electron chi connectivity index (χ4n) is 2.71. The largest absolute Gasteiger partial charge is 0.267 e. The van der Waals surface area contributed by atoms with Crippen molar-refractivity contribution in [3.8, 4) is 0 Å². The van der Waals surface area contributed by atoms with Gasteiger partial charge in [0.2, 0.25) is 10.0 Å². The Morgan fingerprint density at radius 1 is 1.05 bits per heavy atom. The van der Waals surface area contributed by atoms with E-state index in [4.69, 9.17) is 0 Å². The Morgan fingerprint density at radius 3 is 2.50 bits per heavy atom. The van der Waals surface area contributed by atoms with Crippen LogP contribution in [0.5, 0.6) is 0 Å². The van der Waals surface area contributed by atoms with Gasteiger partial charge in [-0.15, -0.1) is 0 Å². The van der Waals surface area contributed by atoms with Crippen LogP contribution in [0.3, 0.4) is 0 Å². The number of hydrogen-bond acceptors (Lipinski definition) is 2. The van der Waals surface area contributed by atoms with Crippen LogP contribution in [-0.4, -0.2) is 15.0 Å². The van der Waals surface area contributed by atoms with Crippen molar-refractivity contribution < 1.29 is 17.2 Å². The summed E-state index contributed by atoms with van der Waals surface area (Å²) in [5.74, 6) is -1.23. The van der Waals surface area contributed by atoms with E-state index < -0.39 is 21.7 Å². The molecule has 1 heterocycles. The molecule has 0 amide bonds. The predicted octanol–water partition coefficient (Wildman–Crippen LogP) is 3.25. The fourth-order valence-corrected chi connectivity index (χ4v) is 4.37. The molecular weight excluding hydrogens is 308 g/mol. The van der Waals surface area contributed by atoms with Crippen molar-refractivity contribution >= 4 is 15.7 Å². The van der Waals surface area contributed by atoms with Crippen LogP contribution in [0.4, 0.5) is 14.5 Å². The third kappa shape index (κ3) is 2.83. The Hall–Kier alpha value is -1.95. The van der Waals surface area contributed by atoms with E-state index in [-0.39, 0.29) is 18.0 Å². The van der Waals surface area contributed by atoms with Gasteiger partial charge in [0.25, 0.3) is 0 Å². The average molecular weight is 323 g/mol. The molecule has 6 heteroatoms. The number of fused-ring (bicyclic) bond motifs is 1. The summed E-state index contributed by atoms with van der Waals surface area (Å²) in [7, 11) is -3.71. The molecule has 0 spiro atoms. The highest BCUT2D eigenvalue weighted by atomic mass is 32.2. The summed E-state index contributed by atoms with van der Waals surface area (Å²) in [6, 6.07) is 9.90. The van der Waals surface area contributed by atoms with Crippen molar-refractivity contribution in [2.45, 2.75) is 18.6 Å². The quantitative estimate of drug-likeness (QED) is 0.869. The number of aryl methyl sites for hydroxylation is 1. The second-order valence-electron chi connectivity index (χ2n) is 5.31. The Morgan fingerprint density at radius 2 is 1.77 bits per heavy atom. The molecule has 116 valence electrons. The van der Waals surface area contributed by atoms with Gasteiger partial charge >= 0.3 is 0 Å². The first-order valence-electron chi connectivity index (χ1n) is 6.99. The van der Waals surface area contributed by atoms with Crippen LogP contribution in [0.15, 0.2) is 42.5 Å². The van der Waals surface area contributed by atoms with Gasteiger partial charge in [0, 0.05) is 6.54 Å². The van der Waals surface area contributed by atoms with Gasteiger partial charge in [-0.3, -0.25) is 4.31 Å². The SMILES string of the molecule is O=S(=O)(Cc1ccc(F)cc1)N1CCCc2cccc(F)c21. The highest BCUT2D eigenvalue weighted by Crippen LogP contribution is 2.32. The smallest absolute Gasteiger partial charge is 0.239 e. The molecule has 0 fully saturated rings. The minimum Gasteiger partial charge on any atom is -0.267 e. The summed E-state index contributed by atoms with van der Waals surface area (Å²) in [6.45, 7) is 0.261. The molecule has 3 nitrogen and oxygen atoms in total. The second-order valence-corrected chi connectivity index (χ2v) is 7.20. The lowest BCUT2D eigenvalue weighted by molar-refractivity contribution is 0.576. The number of halogens is 2. The number of rotatable bonds is 3. The lowest BCUT2D eigenvalue weighted by atomic mass is 10.0. The lowest BCUT2D eigenvalue weighted by Crippen LogP contribution is -2.37. The lowest BCUT2D eigenvalue weighted by Gasteiger charge is -2.30. The zero-order chi connectivity index (χ0) is 15.7. The van der Waals surface area contributed by atoms with Crippen molar-refractivity contribution in [3.63, 3.8) is 0 Å². The van der Waals surface area contributed by atoms with Gasteiger partial charge in [0.05, 0.1) is 11.4 Å². The normalized spacial score (nSPS) is 14.7. The first-order valence-corrected chi connectivity index (χ1v) is 8.60. The van der Waals surface area contributed by atoms with Gasteiger partial charge in [-0.05, 0) is 42.2 Å². The minimum atomic E-state index is -3.71. The fraction of sp³-hybridized carbons (Fsp3) is 0.250. The summed E-state index contributed by atoms with van der Waals surface area (Å²) in [4.78, 5) is 0. The van der Waals surface area contributed by atoms with Crippen LogP contribution in [0.25, 0.3) is 0 Å². The standard InChI is InChI=1S/C16H15F2NO2S/c17-14-8-6-12(7-9-14)11-22(20,21)19-10-2-4-13-3-1-5-15(18)16(13)19/h1,3,5-9H,2,4,10-11H2. The van der Waals surface area contributed by atoms with Crippen LogP contribution in [-0.2, 0) is 22.2 Å². The topological polar surface area (TPSA) is 37.4 Å². The van der Waals surface area contributed by atoms with E-state index in [1.54, 1.807) is 12.1 Å². The highest BCUT2D eigenvalue weighted by molar-refractivity contribution is 7.92. The Labute approximate surface area is 128 Å². The van der Waals surface area contributed by atoms with Crippen LogP contribution in [0.2, 0.25) is 0 Å². The zero-order valence-corrected chi connectivity index (χ0v) is 12.6. The van der Waals surface area contributed by atoms with Crippen molar-refractivity contribution in [1.82, 2.24) is 0 Å². The summed E-state index contributed by atoms with van der Waals surface area (Å²) in [6.07, 6.45) is 1.31. The van der Waals surface area contributed by atoms with Crippen molar-refractivity contribution in [2.24, 2.45) is 0 Å². The molecule has 0 saturated heterocycles. The number of para-hydroxylation sites is 1. The summed E-state index contributed by atoms with van der Waals surface area (Å²) in [5, 5.41) is 0. The molecule has 1 aliphatic rings. The van der Waals surface area contributed by atoms with Gasteiger partial charge in [0.1, 0.15) is 11.6 Å². The summed E-state index contributed by atoms with van der Waals surface area (Å²) < 4.78 is 53.4. The molecular formula is C16H15F2NO2S. The number of anilines is 1. The molecule has 0 aromatic heterocycles. The van der Waals surface area contributed by atoms with E-state index in [1.807, 2.05) is 0 Å². The minimum absolute atomic E-state index is 0.149. The zero-order valence-electron chi connectivity index (χ0n) is 11.8. The van der Waals surface area contributed by atoms with Gasteiger partial charge in [-0.25, -0.2) is 17.2 Å². The molecule has 0 N–H and O–H groups in total. The van der Waals surface area contributed by atoms with Gasteiger partial charge in [-0.1, -0.05) is 24.3 Å². The molecule has 0 aliphatic carbocycles. The molecule has 2 aromatic rings. The monoisotopic (exact) mass is 323 g/mol. The van der Waals surface area contributed by atoms with E-state index in [2.05, 4.69) is 0 Å².